The average molecular weight is 275 g/mol. The third kappa shape index (κ3) is 3.74. The van der Waals surface area contributed by atoms with Crippen molar-refractivity contribution in [2.45, 2.75) is 45.7 Å². The van der Waals surface area contributed by atoms with Crippen molar-refractivity contribution in [1.29, 1.82) is 0 Å². The molecule has 2 N–H and O–H groups in total. The molecular formula is C17H29N3. The number of anilines is 1. The molecule has 1 aromatic rings. The number of likely N-dealkylation sites (N-methyl/N-ethyl adjacent to an activating group) is 1. The zero-order valence-electron chi connectivity index (χ0n) is 13.4. The Labute approximate surface area is 123 Å². The Morgan fingerprint density at radius 3 is 2.75 bits per heavy atom. The van der Waals surface area contributed by atoms with E-state index in [2.05, 4.69) is 55.8 Å². The van der Waals surface area contributed by atoms with Gasteiger partial charge in [-0.15, -0.1) is 0 Å². The van der Waals surface area contributed by atoms with Crippen LogP contribution in [0.3, 0.4) is 0 Å². The number of rotatable bonds is 3. The number of nitrogens with zero attached hydrogens (tertiary/aromatic N) is 2. The topological polar surface area (TPSA) is 32.5 Å². The molecule has 20 heavy (non-hydrogen) atoms. The molecule has 3 heteroatoms. The highest BCUT2D eigenvalue weighted by atomic mass is 15.2. The van der Waals surface area contributed by atoms with Crippen LogP contribution in [-0.2, 0) is 6.42 Å². The van der Waals surface area contributed by atoms with E-state index in [1.165, 1.54) is 29.8 Å². The van der Waals surface area contributed by atoms with Crippen LogP contribution in [0.25, 0.3) is 0 Å². The molecule has 0 amide bonds. The fourth-order valence-electron chi connectivity index (χ4n) is 3.19. The number of benzene rings is 1. The second-order valence-corrected chi connectivity index (χ2v) is 6.45. The van der Waals surface area contributed by atoms with Gasteiger partial charge in [0.15, 0.2) is 0 Å². The van der Waals surface area contributed by atoms with Crippen LogP contribution >= 0.6 is 0 Å². The van der Waals surface area contributed by atoms with Gasteiger partial charge in [-0.25, -0.2) is 0 Å². The van der Waals surface area contributed by atoms with Crippen LogP contribution in [0.5, 0.6) is 0 Å². The van der Waals surface area contributed by atoms with Crippen molar-refractivity contribution in [3.63, 3.8) is 0 Å². The fraction of sp³-hybridized carbons (Fsp3) is 0.647. The molecule has 1 heterocycles. The summed E-state index contributed by atoms with van der Waals surface area (Å²) in [7, 11) is 2.22. The predicted molar refractivity (Wildman–Crippen MR) is 87.5 cm³/mol. The van der Waals surface area contributed by atoms with Crippen molar-refractivity contribution in [3.05, 3.63) is 29.3 Å². The third-order valence-corrected chi connectivity index (χ3v) is 4.25. The van der Waals surface area contributed by atoms with Gasteiger partial charge >= 0.3 is 0 Å². The summed E-state index contributed by atoms with van der Waals surface area (Å²) in [6, 6.07) is 7.66. The largest absolute Gasteiger partial charge is 0.367 e. The van der Waals surface area contributed by atoms with Crippen LogP contribution in [0, 0.1) is 6.92 Å². The fourth-order valence-corrected chi connectivity index (χ4v) is 3.19. The predicted octanol–water partition coefficient (Wildman–Crippen LogP) is 2.42. The first-order chi connectivity index (χ1) is 9.47. The van der Waals surface area contributed by atoms with Crippen molar-refractivity contribution in [2.75, 3.05) is 31.6 Å². The van der Waals surface area contributed by atoms with Gasteiger partial charge in [0, 0.05) is 30.9 Å². The lowest BCUT2D eigenvalue weighted by Crippen LogP contribution is -2.38. The van der Waals surface area contributed by atoms with Gasteiger partial charge in [-0.2, -0.15) is 0 Å². The molecule has 1 aliphatic rings. The zero-order valence-corrected chi connectivity index (χ0v) is 13.4. The van der Waals surface area contributed by atoms with Gasteiger partial charge in [0.05, 0.1) is 0 Å². The molecule has 1 saturated heterocycles. The highest BCUT2D eigenvalue weighted by Gasteiger charge is 2.20. The molecule has 3 nitrogen and oxygen atoms in total. The molecule has 0 aromatic heterocycles. The molecule has 0 spiro atoms. The Bertz CT molecular complexity index is 442. The number of nitrogens with two attached hydrogens (primary N) is 1. The Morgan fingerprint density at radius 2 is 2.10 bits per heavy atom. The van der Waals surface area contributed by atoms with E-state index < -0.39 is 0 Å². The Hall–Kier alpha value is -1.06. The minimum atomic E-state index is 0.227. The third-order valence-electron chi connectivity index (χ3n) is 4.25. The molecule has 0 bridgehead atoms. The van der Waals surface area contributed by atoms with E-state index in [9.17, 15) is 0 Å². The highest BCUT2D eigenvalue weighted by Crippen LogP contribution is 2.23. The van der Waals surface area contributed by atoms with E-state index in [1.54, 1.807) is 0 Å². The summed E-state index contributed by atoms with van der Waals surface area (Å²) in [5, 5.41) is 0. The maximum Gasteiger partial charge on any atom is 0.0388 e. The van der Waals surface area contributed by atoms with Gasteiger partial charge in [0.1, 0.15) is 0 Å². The van der Waals surface area contributed by atoms with E-state index in [0.717, 1.165) is 19.5 Å². The smallest absolute Gasteiger partial charge is 0.0388 e. The Morgan fingerprint density at radius 1 is 1.35 bits per heavy atom. The lowest BCUT2D eigenvalue weighted by Gasteiger charge is -2.30. The SMILES string of the molecule is Cc1cc(N2CCCN(C)CC2C)ccc1CC(C)N. The number of hydrogen-bond acceptors (Lipinski definition) is 3. The quantitative estimate of drug-likeness (QED) is 0.919. The van der Waals surface area contributed by atoms with Crippen molar-refractivity contribution in [2.24, 2.45) is 5.73 Å². The van der Waals surface area contributed by atoms with E-state index in [1.807, 2.05) is 0 Å². The van der Waals surface area contributed by atoms with E-state index in [-0.39, 0.29) is 6.04 Å². The van der Waals surface area contributed by atoms with Gasteiger partial charge in [-0.3, -0.25) is 0 Å². The summed E-state index contributed by atoms with van der Waals surface area (Å²) in [6.07, 6.45) is 2.20. The molecule has 2 atom stereocenters. The summed E-state index contributed by atoms with van der Waals surface area (Å²) in [5.41, 5.74) is 10.0. The normalized spacial score (nSPS) is 22.6. The minimum absolute atomic E-state index is 0.227. The molecule has 0 aliphatic carbocycles. The minimum Gasteiger partial charge on any atom is -0.367 e. The van der Waals surface area contributed by atoms with Crippen LogP contribution in [0.4, 0.5) is 5.69 Å². The van der Waals surface area contributed by atoms with Gasteiger partial charge in [0.25, 0.3) is 0 Å². The molecule has 1 aliphatic heterocycles. The van der Waals surface area contributed by atoms with E-state index in [4.69, 9.17) is 5.73 Å². The first kappa shape index (κ1) is 15.3. The second-order valence-electron chi connectivity index (χ2n) is 6.45. The molecule has 0 radical (unpaired) electrons. The molecule has 0 saturated carbocycles. The summed E-state index contributed by atoms with van der Waals surface area (Å²) in [5.74, 6) is 0. The van der Waals surface area contributed by atoms with Crippen LogP contribution in [0.2, 0.25) is 0 Å². The van der Waals surface area contributed by atoms with Gasteiger partial charge in [-0.1, -0.05) is 6.07 Å². The summed E-state index contributed by atoms with van der Waals surface area (Å²) in [4.78, 5) is 4.98. The Balaban J connectivity index is 2.17. The van der Waals surface area contributed by atoms with Crippen molar-refractivity contribution in [3.8, 4) is 0 Å². The van der Waals surface area contributed by atoms with Crippen molar-refractivity contribution >= 4 is 5.69 Å². The number of aryl methyl sites for hydroxylation is 1. The maximum absolute atomic E-state index is 5.92. The molecule has 1 aromatic carbocycles. The van der Waals surface area contributed by atoms with Crippen LogP contribution in [0.1, 0.15) is 31.4 Å². The molecule has 112 valence electrons. The Kier molecular flexibility index (Phi) is 5.06. The van der Waals surface area contributed by atoms with Crippen LogP contribution < -0.4 is 10.6 Å². The molecule has 2 rings (SSSR count). The lowest BCUT2D eigenvalue weighted by atomic mass is 10.0. The standard InChI is InChI=1S/C17H29N3/c1-13-10-17(7-6-16(13)11-14(2)18)20-9-5-8-19(4)12-15(20)3/h6-7,10,14-15H,5,8-9,11-12,18H2,1-4H3. The summed E-state index contributed by atoms with van der Waals surface area (Å²) < 4.78 is 0. The summed E-state index contributed by atoms with van der Waals surface area (Å²) in [6.45, 7) is 10.1. The van der Waals surface area contributed by atoms with Crippen LogP contribution in [-0.4, -0.2) is 43.7 Å². The molecular weight excluding hydrogens is 246 g/mol. The summed E-state index contributed by atoms with van der Waals surface area (Å²) >= 11 is 0. The average Bonchev–Trinajstić information content (AvgIpc) is 2.52. The van der Waals surface area contributed by atoms with E-state index >= 15 is 0 Å². The first-order valence-electron chi connectivity index (χ1n) is 7.77. The van der Waals surface area contributed by atoms with Gasteiger partial charge < -0.3 is 15.5 Å². The van der Waals surface area contributed by atoms with Gasteiger partial charge in [0.2, 0.25) is 0 Å². The second kappa shape index (κ2) is 6.59. The van der Waals surface area contributed by atoms with Gasteiger partial charge in [-0.05, 0) is 70.5 Å². The van der Waals surface area contributed by atoms with Crippen molar-refractivity contribution in [1.82, 2.24) is 4.90 Å². The maximum atomic E-state index is 5.92. The first-order valence-corrected chi connectivity index (χ1v) is 7.77. The molecule has 1 fully saturated rings. The zero-order chi connectivity index (χ0) is 14.7. The van der Waals surface area contributed by atoms with Crippen molar-refractivity contribution < 1.29 is 0 Å². The van der Waals surface area contributed by atoms with E-state index in [0.29, 0.717) is 6.04 Å². The lowest BCUT2D eigenvalue weighted by molar-refractivity contribution is 0.337. The number of hydrogen-bond donors (Lipinski definition) is 1. The highest BCUT2D eigenvalue weighted by molar-refractivity contribution is 5.52. The van der Waals surface area contributed by atoms with Crippen LogP contribution in [0.15, 0.2) is 18.2 Å². The molecule has 2 unspecified atom stereocenters. The monoisotopic (exact) mass is 275 g/mol.